The Kier molecular flexibility index (Phi) is 4.33. The predicted molar refractivity (Wildman–Crippen MR) is 82.3 cm³/mol. The Bertz CT molecular complexity index is 695. The van der Waals surface area contributed by atoms with Crippen molar-refractivity contribution in [2.75, 3.05) is 13.1 Å². The molecule has 0 unspecified atom stereocenters. The van der Waals surface area contributed by atoms with Gasteiger partial charge in [-0.3, -0.25) is 4.79 Å². The van der Waals surface area contributed by atoms with Crippen molar-refractivity contribution in [2.24, 2.45) is 12.5 Å². The normalized spacial score (nSPS) is 19.7. The molecule has 8 nitrogen and oxygen atoms in total. The van der Waals surface area contributed by atoms with E-state index in [0.29, 0.717) is 5.82 Å². The Morgan fingerprint density at radius 2 is 1.87 bits per heavy atom. The number of aliphatic carboxylic acids is 1. The van der Waals surface area contributed by atoms with E-state index < -0.39 is 27.0 Å². The van der Waals surface area contributed by atoms with E-state index in [0.717, 1.165) is 0 Å². The van der Waals surface area contributed by atoms with Crippen LogP contribution in [0, 0.1) is 12.3 Å². The van der Waals surface area contributed by atoms with Crippen LogP contribution in [-0.2, 0) is 21.9 Å². The molecule has 9 heteroatoms. The van der Waals surface area contributed by atoms with Gasteiger partial charge in [0.05, 0.1) is 11.0 Å². The fraction of sp³-hybridized carbons (Fsp3) is 0.714. The Labute approximate surface area is 135 Å². The summed E-state index contributed by atoms with van der Waals surface area (Å²) in [6.45, 7) is 4.75. The van der Waals surface area contributed by atoms with Crippen molar-refractivity contribution in [2.45, 2.75) is 44.2 Å². The SMILES string of the molecule is Cc1nc(S(=O)(=O)N2CCC(O)(C(C)(C)C(=O)O)CC2)cn1C. The van der Waals surface area contributed by atoms with Gasteiger partial charge in [0.2, 0.25) is 0 Å². The second kappa shape index (κ2) is 5.57. The fourth-order valence-corrected chi connectivity index (χ4v) is 4.17. The summed E-state index contributed by atoms with van der Waals surface area (Å²) >= 11 is 0. The van der Waals surface area contributed by atoms with E-state index in [4.69, 9.17) is 0 Å². The van der Waals surface area contributed by atoms with E-state index >= 15 is 0 Å². The molecule has 0 aliphatic carbocycles. The third-order valence-electron chi connectivity index (χ3n) is 4.94. The van der Waals surface area contributed by atoms with E-state index in [-0.39, 0.29) is 31.0 Å². The van der Waals surface area contributed by atoms with Gasteiger partial charge in [-0.15, -0.1) is 0 Å². The van der Waals surface area contributed by atoms with Gasteiger partial charge in [-0.2, -0.15) is 4.31 Å². The van der Waals surface area contributed by atoms with Crippen LogP contribution in [0.25, 0.3) is 0 Å². The summed E-state index contributed by atoms with van der Waals surface area (Å²) in [7, 11) is -2.02. The predicted octanol–water partition coefficient (Wildman–Crippen LogP) is 0.355. The first-order valence-electron chi connectivity index (χ1n) is 7.38. The Morgan fingerprint density at radius 1 is 1.35 bits per heavy atom. The van der Waals surface area contributed by atoms with Gasteiger partial charge in [0, 0.05) is 26.3 Å². The second-order valence-corrected chi connectivity index (χ2v) is 8.49. The molecule has 0 amide bonds. The molecule has 0 bridgehead atoms. The highest BCUT2D eigenvalue weighted by Crippen LogP contribution is 2.40. The molecular weight excluding hydrogens is 322 g/mol. The Hall–Kier alpha value is -1.45. The van der Waals surface area contributed by atoms with E-state index in [9.17, 15) is 23.4 Å². The molecule has 23 heavy (non-hydrogen) atoms. The van der Waals surface area contributed by atoms with Crippen molar-refractivity contribution in [1.29, 1.82) is 0 Å². The third-order valence-corrected chi connectivity index (χ3v) is 6.71. The highest BCUT2D eigenvalue weighted by atomic mass is 32.2. The largest absolute Gasteiger partial charge is 0.481 e. The lowest BCUT2D eigenvalue weighted by Gasteiger charge is -2.44. The zero-order valence-electron chi connectivity index (χ0n) is 13.8. The summed E-state index contributed by atoms with van der Waals surface area (Å²) in [6, 6.07) is 0. The number of nitrogens with zero attached hydrogens (tertiary/aromatic N) is 3. The number of aliphatic hydroxyl groups is 1. The maximum atomic E-state index is 12.6. The quantitative estimate of drug-likeness (QED) is 0.814. The van der Waals surface area contributed by atoms with Crippen LogP contribution in [0.2, 0.25) is 0 Å². The number of carbonyl (C=O) groups is 1. The molecule has 2 rings (SSSR count). The minimum Gasteiger partial charge on any atom is -0.481 e. The van der Waals surface area contributed by atoms with Gasteiger partial charge in [0.15, 0.2) is 5.03 Å². The fourth-order valence-electron chi connectivity index (χ4n) is 2.70. The summed E-state index contributed by atoms with van der Waals surface area (Å²) < 4.78 is 28.1. The topological polar surface area (TPSA) is 113 Å². The van der Waals surface area contributed by atoms with E-state index in [1.807, 2.05) is 0 Å². The summed E-state index contributed by atoms with van der Waals surface area (Å²) in [5.74, 6) is -0.513. The zero-order chi connectivity index (χ0) is 17.6. The van der Waals surface area contributed by atoms with E-state index in [2.05, 4.69) is 4.98 Å². The molecule has 1 aromatic rings. The molecule has 0 radical (unpaired) electrons. The van der Waals surface area contributed by atoms with Crippen LogP contribution in [0.15, 0.2) is 11.2 Å². The van der Waals surface area contributed by atoms with Gasteiger partial charge < -0.3 is 14.8 Å². The first-order chi connectivity index (χ1) is 10.4. The smallest absolute Gasteiger partial charge is 0.312 e. The summed E-state index contributed by atoms with van der Waals surface area (Å²) in [5.41, 5.74) is -2.78. The van der Waals surface area contributed by atoms with Crippen molar-refractivity contribution < 1.29 is 23.4 Å². The average molecular weight is 345 g/mol. The van der Waals surface area contributed by atoms with Crippen LogP contribution in [0.4, 0.5) is 0 Å². The zero-order valence-corrected chi connectivity index (χ0v) is 14.6. The van der Waals surface area contributed by atoms with Crippen molar-refractivity contribution >= 4 is 16.0 Å². The number of hydrogen-bond acceptors (Lipinski definition) is 5. The van der Waals surface area contributed by atoms with Gasteiger partial charge in [0.25, 0.3) is 10.0 Å². The summed E-state index contributed by atoms with van der Waals surface area (Å²) in [6.07, 6.45) is 1.58. The monoisotopic (exact) mass is 345 g/mol. The standard InChI is InChI=1S/C14H23N3O5S/c1-10-15-11(9-16(10)4)23(21,22)17-7-5-14(20,6-8-17)13(2,3)12(18)19/h9,20H,5-8H2,1-4H3,(H,18,19). The number of carboxylic acids is 1. The molecular formula is C14H23N3O5S. The van der Waals surface area contributed by atoms with Crippen molar-refractivity contribution in [3.8, 4) is 0 Å². The van der Waals surface area contributed by atoms with Gasteiger partial charge in [0.1, 0.15) is 5.82 Å². The van der Waals surface area contributed by atoms with Crippen molar-refractivity contribution in [3.63, 3.8) is 0 Å². The minimum atomic E-state index is -3.74. The molecule has 2 heterocycles. The highest BCUT2D eigenvalue weighted by Gasteiger charge is 2.51. The number of sulfonamides is 1. The lowest BCUT2D eigenvalue weighted by atomic mass is 9.70. The maximum absolute atomic E-state index is 12.6. The van der Waals surface area contributed by atoms with E-state index in [1.165, 1.54) is 24.3 Å². The van der Waals surface area contributed by atoms with Crippen LogP contribution in [-0.4, -0.2) is 57.1 Å². The van der Waals surface area contributed by atoms with Crippen LogP contribution >= 0.6 is 0 Å². The molecule has 1 aliphatic rings. The van der Waals surface area contributed by atoms with Gasteiger partial charge in [-0.05, 0) is 33.6 Å². The van der Waals surface area contributed by atoms with E-state index in [1.54, 1.807) is 18.5 Å². The minimum absolute atomic E-state index is 0.0274. The number of piperidine rings is 1. The number of rotatable bonds is 4. The van der Waals surface area contributed by atoms with Crippen molar-refractivity contribution in [1.82, 2.24) is 13.9 Å². The molecule has 1 fully saturated rings. The summed E-state index contributed by atoms with van der Waals surface area (Å²) in [4.78, 5) is 15.4. The lowest BCUT2D eigenvalue weighted by molar-refractivity contribution is -0.169. The molecule has 0 saturated carbocycles. The molecule has 1 aromatic heterocycles. The maximum Gasteiger partial charge on any atom is 0.312 e. The lowest BCUT2D eigenvalue weighted by Crippen LogP contribution is -2.56. The second-order valence-electron chi connectivity index (χ2n) is 6.60. The Balaban J connectivity index is 2.20. The number of aromatic nitrogens is 2. The van der Waals surface area contributed by atoms with Crippen molar-refractivity contribution in [3.05, 3.63) is 12.0 Å². The molecule has 0 aromatic carbocycles. The number of carboxylic acid groups (broad SMARTS) is 1. The summed E-state index contributed by atoms with van der Waals surface area (Å²) in [5, 5.41) is 19.9. The van der Waals surface area contributed by atoms with Gasteiger partial charge in [-0.25, -0.2) is 13.4 Å². The van der Waals surface area contributed by atoms with Gasteiger partial charge in [-0.1, -0.05) is 0 Å². The highest BCUT2D eigenvalue weighted by molar-refractivity contribution is 7.89. The first-order valence-corrected chi connectivity index (χ1v) is 8.82. The number of imidazole rings is 1. The molecule has 0 spiro atoms. The third kappa shape index (κ3) is 2.88. The molecule has 1 saturated heterocycles. The van der Waals surface area contributed by atoms with Gasteiger partial charge >= 0.3 is 5.97 Å². The first kappa shape index (κ1) is 17.9. The average Bonchev–Trinajstić information content (AvgIpc) is 2.79. The van der Waals surface area contributed by atoms with Crippen LogP contribution < -0.4 is 0 Å². The van der Waals surface area contributed by atoms with Crippen LogP contribution in [0.1, 0.15) is 32.5 Å². The molecule has 130 valence electrons. The van der Waals surface area contributed by atoms with Crippen LogP contribution in [0.5, 0.6) is 0 Å². The molecule has 2 N–H and O–H groups in total. The Morgan fingerprint density at radius 3 is 2.26 bits per heavy atom. The molecule has 1 aliphatic heterocycles. The molecule has 0 atom stereocenters. The number of aryl methyl sites for hydroxylation is 2. The number of hydrogen-bond donors (Lipinski definition) is 2. The van der Waals surface area contributed by atoms with Crippen LogP contribution in [0.3, 0.4) is 0 Å².